The van der Waals surface area contributed by atoms with Crippen LogP contribution in [-0.4, -0.2) is 6.61 Å². The Bertz CT molecular complexity index is 76.8. The molecule has 0 aromatic rings. The minimum atomic E-state index is 0.852. The Morgan fingerprint density at radius 2 is 2.10 bits per heavy atom. The van der Waals surface area contributed by atoms with Crippen molar-refractivity contribution in [2.75, 3.05) is 6.61 Å². The van der Waals surface area contributed by atoms with E-state index in [-0.39, 0.29) is 0 Å². The van der Waals surface area contributed by atoms with Gasteiger partial charge in [0.25, 0.3) is 0 Å². The van der Waals surface area contributed by atoms with E-state index in [0.29, 0.717) is 0 Å². The molecule has 59 valence electrons. The van der Waals surface area contributed by atoms with Crippen LogP contribution in [0.3, 0.4) is 0 Å². The lowest BCUT2D eigenvalue weighted by atomic mass is 10.2. The van der Waals surface area contributed by atoms with Crippen LogP contribution >= 0.6 is 0 Å². The molecule has 0 saturated carbocycles. The standard InChI is InChI=1S/C9H17O/c1-3-5-6-7-9-10-8-4-2/h4,8H,1,3,5-7,9H2,2H3. The Morgan fingerprint density at radius 3 is 2.70 bits per heavy atom. The lowest BCUT2D eigenvalue weighted by Crippen LogP contribution is -1.86. The molecule has 10 heavy (non-hydrogen) atoms. The zero-order chi connectivity index (χ0) is 7.66. The minimum absolute atomic E-state index is 0.852. The molecule has 0 aromatic carbocycles. The molecule has 0 aliphatic heterocycles. The van der Waals surface area contributed by atoms with E-state index in [1.54, 1.807) is 6.26 Å². The van der Waals surface area contributed by atoms with E-state index in [1.165, 1.54) is 12.8 Å². The highest BCUT2D eigenvalue weighted by Gasteiger charge is 1.84. The summed E-state index contributed by atoms with van der Waals surface area (Å²) in [6.45, 7) is 6.57. The van der Waals surface area contributed by atoms with Gasteiger partial charge in [0.15, 0.2) is 0 Å². The summed E-state index contributed by atoms with van der Waals surface area (Å²) in [5, 5.41) is 0. The fourth-order valence-corrected chi connectivity index (χ4v) is 0.703. The summed E-state index contributed by atoms with van der Waals surface area (Å²) >= 11 is 0. The summed E-state index contributed by atoms with van der Waals surface area (Å²) in [5.74, 6) is 0. The SMILES string of the molecule is [CH2]CCCCCOC=CC. The van der Waals surface area contributed by atoms with Gasteiger partial charge in [0.05, 0.1) is 12.9 Å². The van der Waals surface area contributed by atoms with Crippen LogP contribution < -0.4 is 0 Å². The van der Waals surface area contributed by atoms with Gasteiger partial charge in [0.1, 0.15) is 0 Å². The second-order valence-corrected chi connectivity index (χ2v) is 2.25. The van der Waals surface area contributed by atoms with E-state index in [9.17, 15) is 0 Å². The van der Waals surface area contributed by atoms with E-state index in [4.69, 9.17) is 4.74 Å². The number of rotatable bonds is 6. The highest BCUT2D eigenvalue weighted by Crippen LogP contribution is 1.98. The highest BCUT2D eigenvalue weighted by molar-refractivity contribution is 4.64. The molecule has 0 aliphatic carbocycles. The number of allylic oxidation sites excluding steroid dienone is 1. The first-order valence-electron chi connectivity index (χ1n) is 3.94. The van der Waals surface area contributed by atoms with Crippen molar-refractivity contribution in [3.05, 3.63) is 19.3 Å². The average Bonchev–Trinajstić information content (AvgIpc) is 1.97. The fraction of sp³-hybridized carbons (Fsp3) is 0.667. The number of hydrogen-bond acceptors (Lipinski definition) is 1. The third-order valence-corrected chi connectivity index (χ3v) is 1.24. The molecular formula is C9H17O. The average molecular weight is 141 g/mol. The van der Waals surface area contributed by atoms with Crippen LogP contribution in [0.15, 0.2) is 12.3 Å². The molecule has 0 fully saturated rings. The van der Waals surface area contributed by atoms with Crippen LogP contribution in [0, 0.1) is 6.92 Å². The second-order valence-electron chi connectivity index (χ2n) is 2.25. The maximum absolute atomic E-state index is 5.13. The van der Waals surface area contributed by atoms with Gasteiger partial charge >= 0.3 is 0 Å². The van der Waals surface area contributed by atoms with Crippen LogP contribution in [0.25, 0.3) is 0 Å². The highest BCUT2D eigenvalue weighted by atomic mass is 16.5. The summed E-state index contributed by atoms with van der Waals surface area (Å²) in [6.07, 6.45) is 8.30. The van der Waals surface area contributed by atoms with E-state index in [2.05, 4.69) is 6.92 Å². The summed E-state index contributed by atoms with van der Waals surface area (Å²) in [6, 6.07) is 0. The molecule has 1 nitrogen and oxygen atoms in total. The largest absolute Gasteiger partial charge is 0.502 e. The van der Waals surface area contributed by atoms with Gasteiger partial charge in [-0.05, 0) is 13.3 Å². The molecule has 0 amide bonds. The predicted molar refractivity (Wildman–Crippen MR) is 44.6 cm³/mol. The predicted octanol–water partition coefficient (Wildman–Crippen LogP) is 2.93. The summed E-state index contributed by atoms with van der Waals surface area (Å²) in [5.41, 5.74) is 0. The molecule has 0 N–H and O–H groups in total. The third kappa shape index (κ3) is 7.54. The van der Waals surface area contributed by atoms with Gasteiger partial charge in [0.2, 0.25) is 0 Å². The van der Waals surface area contributed by atoms with E-state index in [0.717, 1.165) is 19.4 Å². The zero-order valence-corrected chi connectivity index (χ0v) is 6.81. The van der Waals surface area contributed by atoms with Crippen molar-refractivity contribution >= 4 is 0 Å². The molecule has 0 aromatic heterocycles. The second kappa shape index (κ2) is 8.54. The number of hydrogen-bond donors (Lipinski definition) is 0. The topological polar surface area (TPSA) is 9.23 Å². The lowest BCUT2D eigenvalue weighted by Gasteiger charge is -1.98. The van der Waals surface area contributed by atoms with Crippen LogP contribution in [0.4, 0.5) is 0 Å². The lowest BCUT2D eigenvalue weighted by molar-refractivity contribution is 0.240. The molecule has 0 unspecified atom stereocenters. The Balaban J connectivity index is 2.77. The van der Waals surface area contributed by atoms with Gasteiger partial charge in [-0.2, -0.15) is 0 Å². The van der Waals surface area contributed by atoms with Gasteiger partial charge < -0.3 is 4.74 Å². The molecule has 0 aliphatic rings. The monoisotopic (exact) mass is 141 g/mol. The number of unbranched alkanes of at least 4 members (excludes halogenated alkanes) is 3. The molecule has 0 spiro atoms. The van der Waals surface area contributed by atoms with E-state index < -0.39 is 0 Å². The first kappa shape index (κ1) is 9.54. The van der Waals surface area contributed by atoms with Crippen LogP contribution in [0.2, 0.25) is 0 Å². The normalized spacial score (nSPS) is 10.6. The molecule has 0 atom stereocenters. The third-order valence-electron chi connectivity index (χ3n) is 1.24. The Kier molecular flexibility index (Phi) is 8.15. The van der Waals surface area contributed by atoms with Gasteiger partial charge in [-0.1, -0.05) is 32.3 Å². The first-order chi connectivity index (χ1) is 4.91. The van der Waals surface area contributed by atoms with E-state index >= 15 is 0 Å². The van der Waals surface area contributed by atoms with Gasteiger partial charge in [-0.3, -0.25) is 0 Å². The Labute approximate surface area is 64.1 Å². The van der Waals surface area contributed by atoms with Crippen molar-refractivity contribution < 1.29 is 4.74 Å². The van der Waals surface area contributed by atoms with Crippen molar-refractivity contribution in [1.29, 1.82) is 0 Å². The van der Waals surface area contributed by atoms with Crippen LogP contribution in [0.1, 0.15) is 32.6 Å². The van der Waals surface area contributed by atoms with Gasteiger partial charge in [-0.25, -0.2) is 0 Å². The Hall–Kier alpha value is -0.460. The van der Waals surface area contributed by atoms with Crippen molar-refractivity contribution in [3.63, 3.8) is 0 Å². The zero-order valence-electron chi connectivity index (χ0n) is 6.81. The molecular weight excluding hydrogens is 124 g/mol. The summed E-state index contributed by atoms with van der Waals surface area (Å²) in [4.78, 5) is 0. The molecule has 0 saturated heterocycles. The van der Waals surface area contributed by atoms with Crippen molar-refractivity contribution in [2.24, 2.45) is 0 Å². The molecule has 0 bridgehead atoms. The number of ether oxygens (including phenoxy) is 1. The molecule has 0 heterocycles. The van der Waals surface area contributed by atoms with Crippen molar-refractivity contribution in [2.45, 2.75) is 32.6 Å². The fourth-order valence-electron chi connectivity index (χ4n) is 0.703. The summed E-state index contributed by atoms with van der Waals surface area (Å²) in [7, 11) is 0. The van der Waals surface area contributed by atoms with Crippen LogP contribution in [0.5, 0.6) is 0 Å². The molecule has 1 radical (unpaired) electrons. The molecule has 0 rings (SSSR count). The van der Waals surface area contributed by atoms with Crippen molar-refractivity contribution in [1.82, 2.24) is 0 Å². The van der Waals surface area contributed by atoms with Crippen LogP contribution in [-0.2, 0) is 4.74 Å². The van der Waals surface area contributed by atoms with Gasteiger partial charge in [0, 0.05) is 0 Å². The first-order valence-corrected chi connectivity index (χ1v) is 3.94. The minimum Gasteiger partial charge on any atom is -0.502 e. The quantitative estimate of drug-likeness (QED) is 0.408. The van der Waals surface area contributed by atoms with Crippen molar-refractivity contribution in [3.8, 4) is 0 Å². The maximum Gasteiger partial charge on any atom is 0.0873 e. The van der Waals surface area contributed by atoms with Gasteiger partial charge in [-0.15, -0.1) is 0 Å². The smallest absolute Gasteiger partial charge is 0.0873 e. The molecule has 1 heteroatoms. The maximum atomic E-state index is 5.13. The Morgan fingerprint density at radius 1 is 1.30 bits per heavy atom. The summed E-state index contributed by atoms with van der Waals surface area (Å²) < 4.78 is 5.13. The van der Waals surface area contributed by atoms with E-state index in [1.807, 2.05) is 13.0 Å².